The number of anilines is 1. The third kappa shape index (κ3) is 1.94. The Kier molecular flexibility index (Phi) is 3.30. The molecule has 0 bridgehead atoms. The molecule has 0 radical (unpaired) electrons. The average Bonchev–Trinajstić information content (AvgIpc) is 2.74. The van der Waals surface area contributed by atoms with Crippen LogP contribution in [0.2, 0.25) is 0 Å². The molecule has 0 aromatic carbocycles. The van der Waals surface area contributed by atoms with Crippen LogP contribution >= 0.6 is 0 Å². The molecule has 2 rings (SSSR count). The predicted octanol–water partition coefficient (Wildman–Crippen LogP) is -1.33. The zero-order valence-electron chi connectivity index (χ0n) is 9.18. The predicted molar refractivity (Wildman–Crippen MR) is 60.4 cm³/mol. The number of nitrogens with zero attached hydrogens (tertiary/aromatic N) is 5. The topological polar surface area (TPSA) is 138 Å². The first-order valence-electron chi connectivity index (χ1n) is 4.94. The monoisotopic (exact) mass is 254 g/mol. The fourth-order valence-corrected chi connectivity index (χ4v) is 1.40. The number of hydrogen-bond donors (Lipinski definition) is 2. The lowest BCUT2D eigenvalue weighted by molar-refractivity contribution is 0.0499. The molecule has 0 aliphatic rings. The Morgan fingerprint density at radius 3 is 3.00 bits per heavy atom. The van der Waals surface area contributed by atoms with Crippen LogP contribution in [0.4, 0.5) is 5.95 Å². The van der Waals surface area contributed by atoms with Gasteiger partial charge in [-0.3, -0.25) is 9.36 Å². The Bertz CT molecular complexity index is 632. The van der Waals surface area contributed by atoms with Gasteiger partial charge in [-0.25, -0.2) is 4.98 Å². The number of aliphatic hydroxyl groups is 1. The number of ether oxygens (including phenoxy) is 1. The van der Waals surface area contributed by atoms with E-state index in [-0.39, 0.29) is 37.1 Å². The number of aromatic nitrogens is 4. The highest BCUT2D eigenvalue weighted by molar-refractivity contribution is 5.70. The van der Waals surface area contributed by atoms with Gasteiger partial charge in [-0.2, -0.15) is 4.98 Å². The molecule has 0 aliphatic heterocycles. The van der Waals surface area contributed by atoms with Gasteiger partial charge in [0.2, 0.25) is 5.95 Å². The fourth-order valence-electron chi connectivity index (χ4n) is 1.40. The van der Waals surface area contributed by atoms with Crippen molar-refractivity contribution < 1.29 is 9.84 Å². The van der Waals surface area contributed by atoms with E-state index in [9.17, 15) is 9.70 Å². The fraction of sp³-hybridized carbons (Fsp3) is 0.375. The van der Waals surface area contributed by atoms with Crippen molar-refractivity contribution in [2.45, 2.75) is 6.73 Å². The molecule has 2 aromatic rings. The summed E-state index contributed by atoms with van der Waals surface area (Å²) >= 11 is 0. The van der Waals surface area contributed by atoms with Gasteiger partial charge in [0, 0.05) is 0 Å². The van der Waals surface area contributed by atoms with Crippen LogP contribution in [-0.2, 0) is 11.5 Å². The van der Waals surface area contributed by atoms with Crippen LogP contribution in [0.5, 0.6) is 0 Å². The molecule has 0 unspecified atom stereocenters. The molecule has 0 aliphatic carbocycles. The van der Waals surface area contributed by atoms with Crippen molar-refractivity contribution in [2.24, 2.45) is 5.29 Å². The van der Waals surface area contributed by atoms with E-state index < -0.39 is 5.56 Å². The van der Waals surface area contributed by atoms with Crippen molar-refractivity contribution in [1.29, 1.82) is 0 Å². The Balaban J connectivity index is 2.47. The lowest BCUT2D eigenvalue weighted by Gasteiger charge is -2.04. The van der Waals surface area contributed by atoms with E-state index in [4.69, 9.17) is 15.6 Å². The molecule has 0 atom stereocenters. The first-order chi connectivity index (χ1) is 8.69. The maximum absolute atomic E-state index is 11.7. The summed E-state index contributed by atoms with van der Waals surface area (Å²) in [6, 6.07) is 0. The van der Waals surface area contributed by atoms with E-state index in [1.807, 2.05) is 0 Å². The molecule has 0 saturated heterocycles. The van der Waals surface area contributed by atoms with Gasteiger partial charge in [-0.05, 0) is 0 Å². The largest absolute Gasteiger partial charge is 0.394 e. The van der Waals surface area contributed by atoms with Gasteiger partial charge < -0.3 is 15.6 Å². The molecule has 96 valence electrons. The number of nitrogens with two attached hydrogens (primary N) is 1. The number of imidazole rings is 1. The Morgan fingerprint density at radius 2 is 2.33 bits per heavy atom. The second kappa shape index (κ2) is 4.89. The van der Waals surface area contributed by atoms with Crippen LogP contribution in [0, 0.1) is 4.91 Å². The lowest BCUT2D eigenvalue weighted by Crippen LogP contribution is -2.21. The van der Waals surface area contributed by atoms with E-state index in [1.54, 1.807) is 0 Å². The van der Waals surface area contributed by atoms with Crippen LogP contribution in [0.15, 0.2) is 16.4 Å². The van der Waals surface area contributed by atoms with Crippen LogP contribution in [-0.4, -0.2) is 37.5 Å². The molecule has 18 heavy (non-hydrogen) atoms. The number of aliphatic hydroxyl groups excluding tert-OH is 1. The number of hydrogen-bond acceptors (Lipinski definition) is 8. The minimum absolute atomic E-state index is 0.0311. The second-order valence-corrected chi connectivity index (χ2v) is 3.32. The maximum Gasteiger partial charge on any atom is 0.306 e. The summed E-state index contributed by atoms with van der Waals surface area (Å²) < 4.78 is 6.92. The average molecular weight is 254 g/mol. The van der Waals surface area contributed by atoms with E-state index in [0.717, 1.165) is 0 Å². The first kappa shape index (κ1) is 12.1. The highest BCUT2D eigenvalue weighted by atomic mass is 16.5. The molecule has 2 heterocycles. The highest BCUT2D eigenvalue weighted by Gasteiger charge is 2.14. The molecule has 0 saturated carbocycles. The van der Waals surface area contributed by atoms with Gasteiger partial charge >= 0.3 is 5.56 Å². The molecule has 0 fully saturated rings. The van der Waals surface area contributed by atoms with Crippen LogP contribution < -0.4 is 11.3 Å². The molecule has 0 spiro atoms. The third-order valence-electron chi connectivity index (χ3n) is 2.19. The summed E-state index contributed by atoms with van der Waals surface area (Å²) in [4.78, 5) is 29.8. The number of rotatable bonds is 5. The van der Waals surface area contributed by atoms with Gasteiger partial charge in [0.05, 0.1) is 24.8 Å². The summed E-state index contributed by atoms with van der Waals surface area (Å²) in [5, 5.41) is 11.0. The molecule has 2 aromatic heterocycles. The van der Waals surface area contributed by atoms with Crippen LogP contribution in [0.3, 0.4) is 0 Å². The molecular weight excluding hydrogens is 244 g/mol. The summed E-state index contributed by atoms with van der Waals surface area (Å²) in [6.45, 7) is 0.0770. The lowest BCUT2D eigenvalue weighted by atomic mass is 10.5. The summed E-state index contributed by atoms with van der Waals surface area (Å²) in [7, 11) is 0. The molecule has 10 heteroatoms. The summed E-state index contributed by atoms with van der Waals surface area (Å²) in [6.07, 6.45) is 1.32. The van der Waals surface area contributed by atoms with Gasteiger partial charge in [0.25, 0.3) is 0 Å². The Morgan fingerprint density at radius 1 is 1.56 bits per heavy atom. The zero-order valence-corrected chi connectivity index (χ0v) is 9.18. The second-order valence-electron chi connectivity index (χ2n) is 3.32. The Labute approximate surface area is 99.6 Å². The summed E-state index contributed by atoms with van der Waals surface area (Å²) in [5.74, 6) is -0.327. The smallest absolute Gasteiger partial charge is 0.306 e. The minimum Gasteiger partial charge on any atom is -0.394 e. The van der Waals surface area contributed by atoms with E-state index in [1.165, 1.54) is 10.9 Å². The van der Waals surface area contributed by atoms with Crippen LogP contribution in [0.25, 0.3) is 11.2 Å². The van der Waals surface area contributed by atoms with E-state index >= 15 is 0 Å². The normalized spacial score (nSPS) is 10.9. The first-order valence-corrected chi connectivity index (χ1v) is 4.94. The molecule has 10 nitrogen and oxygen atoms in total. The number of fused-ring (bicyclic) bond motifs is 1. The van der Waals surface area contributed by atoms with Crippen LogP contribution in [0.1, 0.15) is 0 Å². The van der Waals surface area contributed by atoms with Crippen molar-refractivity contribution >= 4 is 17.1 Å². The van der Waals surface area contributed by atoms with E-state index in [2.05, 4.69) is 15.3 Å². The van der Waals surface area contributed by atoms with Gasteiger partial charge in [-0.1, -0.05) is 0 Å². The SMILES string of the molecule is Nc1nc2c(ncn2COCCO)c(=O)n1N=O. The summed E-state index contributed by atoms with van der Waals surface area (Å²) in [5.41, 5.74) is 4.83. The third-order valence-corrected chi connectivity index (χ3v) is 2.19. The van der Waals surface area contributed by atoms with Gasteiger partial charge in [-0.15, -0.1) is 9.58 Å². The Hall–Kier alpha value is -2.33. The number of nitroso groups, excluding NO2 is 1. The van der Waals surface area contributed by atoms with E-state index in [0.29, 0.717) is 4.68 Å². The number of nitrogen functional groups attached to an aromatic ring is 1. The van der Waals surface area contributed by atoms with Gasteiger partial charge in [0.15, 0.2) is 11.2 Å². The zero-order chi connectivity index (χ0) is 13.1. The van der Waals surface area contributed by atoms with Crippen molar-refractivity contribution in [2.75, 3.05) is 18.9 Å². The minimum atomic E-state index is -0.742. The molecule has 0 amide bonds. The quantitative estimate of drug-likeness (QED) is 0.498. The molecular formula is C8H10N6O4. The van der Waals surface area contributed by atoms with Crippen molar-refractivity contribution in [1.82, 2.24) is 19.2 Å². The molecule has 3 N–H and O–H groups in total. The maximum atomic E-state index is 11.7. The van der Waals surface area contributed by atoms with Gasteiger partial charge in [0.1, 0.15) is 6.73 Å². The van der Waals surface area contributed by atoms with Crippen molar-refractivity contribution in [3.63, 3.8) is 0 Å². The highest BCUT2D eigenvalue weighted by Crippen LogP contribution is 2.08. The van der Waals surface area contributed by atoms with Crippen molar-refractivity contribution in [3.05, 3.63) is 21.6 Å². The standard InChI is InChI=1S/C8H10N6O4/c9-8-11-6-5(7(16)14(8)12-17)10-3-13(6)4-18-2-1-15/h3,15H,1-2,4H2,(H2,9,11). The van der Waals surface area contributed by atoms with Crippen molar-refractivity contribution in [3.8, 4) is 0 Å².